The number of thioether (sulfide) groups is 1. The van der Waals surface area contributed by atoms with Gasteiger partial charge < -0.3 is 11.1 Å². The molecule has 1 aromatic carbocycles. The largest absolute Gasteiger partial charge is 0.378 e. The van der Waals surface area contributed by atoms with Crippen molar-refractivity contribution < 1.29 is 4.39 Å². The van der Waals surface area contributed by atoms with E-state index in [2.05, 4.69) is 5.32 Å². The Labute approximate surface area is 93.4 Å². The molecule has 0 aliphatic carbocycles. The van der Waals surface area contributed by atoms with Gasteiger partial charge in [-0.2, -0.15) is 0 Å². The average Bonchev–Trinajstić information content (AvgIpc) is 2.27. The van der Waals surface area contributed by atoms with Gasteiger partial charge in [0.05, 0.1) is 5.69 Å². The van der Waals surface area contributed by atoms with Gasteiger partial charge in [-0.1, -0.05) is 6.07 Å². The lowest BCUT2D eigenvalue weighted by atomic mass is 10.1. The molecule has 0 bridgehead atoms. The Morgan fingerprint density at radius 3 is 3.20 bits per heavy atom. The predicted molar refractivity (Wildman–Crippen MR) is 62.8 cm³/mol. The Morgan fingerprint density at radius 2 is 2.40 bits per heavy atom. The molecule has 3 N–H and O–H groups in total. The van der Waals surface area contributed by atoms with Crippen LogP contribution in [0.4, 0.5) is 10.1 Å². The second-order valence-corrected chi connectivity index (χ2v) is 4.76. The van der Waals surface area contributed by atoms with Gasteiger partial charge in [0.1, 0.15) is 5.82 Å². The van der Waals surface area contributed by atoms with E-state index in [9.17, 15) is 4.39 Å². The summed E-state index contributed by atoms with van der Waals surface area (Å²) in [6, 6.07) is 5.55. The molecular formula is C11H15FN2S. The highest BCUT2D eigenvalue weighted by Crippen LogP contribution is 2.35. The smallest absolute Gasteiger partial charge is 0.147 e. The van der Waals surface area contributed by atoms with E-state index in [4.69, 9.17) is 5.73 Å². The van der Waals surface area contributed by atoms with Crippen LogP contribution in [0.25, 0.3) is 0 Å². The number of rotatable bonds is 3. The number of para-hydroxylation sites is 1. The van der Waals surface area contributed by atoms with Crippen LogP contribution in [0.3, 0.4) is 0 Å². The maximum atomic E-state index is 13.5. The van der Waals surface area contributed by atoms with Crippen molar-refractivity contribution in [3.8, 4) is 0 Å². The average molecular weight is 226 g/mol. The third-order valence-electron chi connectivity index (χ3n) is 2.52. The van der Waals surface area contributed by atoms with Crippen LogP contribution >= 0.6 is 11.8 Å². The van der Waals surface area contributed by atoms with E-state index in [1.807, 2.05) is 6.07 Å². The van der Waals surface area contributed by atoms with Crippen LogP contribution in [0.2, 0.25) is 0 Å². The highest BCUT2D eigenvalue weighted by atomic mass is 32.2. The Morgan fingerprint density at radius 1 is 1.53 bits per heavy atom. The zero-order valence-corrected chi connectivity index (χ0v) is 9.32. The van der Waals surface area contributed by atoms with Crippen LogP contribution in [0.1, 0.15) is 12.8 Å². The minimum Gasteiger partial charge on any atom is -0.378 e. The lowest BCUT2D eigenvalue weighted by molar-refractivity contribution is 0.611. The van der Waals surface area contributed by atoms with Crippen LogP contribution in [-0.2, 0) is 0 Å². The first-order valence-electron chi connectivity index (χ1n) is 5.19. The Kier molecular flexibility index (Phi) is 3.49. The molecule has 0 radical (unpaired) electrons. The fourth-order valence-electron chi connectivity index (χ4n) is 1.72. The molecule has 2 nitrogen and oxygen atoms in total. The Balaban J connectivity index is 2.08. The number of hydrogen-bond donors (Lipinski definition) is 2. The third kappa shape index (κ3) is 2.44. The molecule has 0 aromatic heterocycles. The highest BCUT2D eigenvalue weighted by molar-refractivity contribution is 7.99. The molecule has 82 valence electrons. The highest BCUT2D eigenvalue weighted by Gasteiger charge is 2.19. The van der Waals surface area contributed by atoms with Crippen molar-refractivity contribution in [2.45, 2.75) is 23.8 Å². The minimum atomic E-state index is -0.155. The number of anilines is 1. The molecule has 0 amide bonds. The molecule has 0 spiro atoms. The molecule has 1 unspecified atom stereocenters. The van der Waals surface area contributed by atoms with Gasteiger partial charge in [0, 0.05) is 16.7 Å². The Bertz CT molecular complexity index is 343. The van der Waals surface area contributed by atoms with Gasteiger partial charge in [0.25, 0.3) is 0 Å². The van der Waals surface area contributed by atoms with Gasteiger partial charge in [0.2, 0.25) is 0 Å². The van der Waals surface area contributed by atoms with E-state index in [1.54, 1.807) is 17.8 Å². The van der Waals surface area contributed by atoms with Crippen LogP contribution in [0.15, 0.2) is 23.1 Å². The summed E-state index contributed by atoms with van der Waals surface area (Å²) in [5.41, 5.74) is 6.12. The molecule has 1 aromatic rings. The van der Waals surface area contributed by atoms with Gasteiger partial charge in [-0.25, -0.2) is 4.39 Å². The number of benzene rings is 1. The lowest BCUT2D eigenvalue weighted by Gasteiger charge is -2.26. The molecule has 1 heterocycles. The number of hydrogen-bond acceptors (Lipinski definition) is 3. The molecule has 1 aliphatic rings. The van der Waals surface area contributed by atoms with Crippen LogP contribution < -0.4 is 11.1 Å². The van der Waals surface area contributed by atoms with Gasteiger partial charge in [-0.3, -0.25) is 0 Å². The maximum absolute atomic E-state index is 13.5. The summed E-state index contributed by atoms with van der Waals surface area (Å²) in [5, 5.41) is 3.25. The van der Waals surface area contributed by atoms with Crippen molar-refractivity contribution in [2.75, 3.05) is 17.6 Å². The van der Waals surface area contributed by atoms with Crippen LogP contribution in [0.5, 0.6) is 0 Å². The SMILES string of the molecule is NCCCC1CSc2cccc(F)c2N1. The fraction of sp³-hybridized carbons (Fsp3) is 0.455. The first kappa shape index (κ1) is 10.8. The lowest BCUT2D eigenvalue weighted by Crippen LogP contribution is -2.27. The first-order valence-corrected chi connectivity index (χ1v) is 6.17. The molecule has 15 heavy (non-hydrogen) atoms. The van der Waals surface area contributed by atoms with E-state index in [0.29, 0.717) is 18.3 Å². The summed E-state index contributed by atoms with van der Waals surface area (Å²) in [6.07, 6.45) is 2.00. The van der Waals surface area contributed by atoms with Crippen molar-refractivity contribution in [3.63, 3.8) is 0 Å². The molecule has 2 rings (SSSR count). The van der Waals surface area contributed by atoms with Gasteiger partial charge in [-0.05, 0) is 31.5 Å². The van der Waals surface area contributed by atoms with Gasteiger partial charge in [0.15, 0.2) is 0 Å². The molecule has 0 saturated heterocycles. The van der Waals surface area contributed by atoms with Gasteiger partial charge in [-0.15, -0.1) is 11.8 Å². The van der Waals surface area contributed by atoms with E-state index in [0.717, 1.165) is 23.5 Å². The normalized spacial score (nSPS) is 19.5. The summed E-state index contributed by atoms with van der Waals surface area (Å²) < 4.78 is 13.5. The first-order chi connectivity index (χ1) is 7.31. The fourth-order valence-corrected chi connectivity index (χ4v) is 2.83. The van der Waals surface area contributed by atoms with Crippen LogP contribution in [-0.4, -0.2) is 18.3 Å². The van der Waals surface area contributed by atoms with E-state index < -0.39 is 0 Å². The summed E-state index contributed by atoms with van der Waals surface area (Å²) in [4.78, 5) is 1.01. The van der Waals surface area contributed by atoms with Crippen molar-refractivity contribution in [1.29, 1.82) is 0 Å². The number of nitrogens with one attached hydrogen (secondary N) is 1. The van der Waals surface area contributed by atoms with Crippen LogP contribution in [0, 0.1) is 5.82 Å². The standard InChI is InChI=1S/C11H15FN2S/c12-9-4-1-5-10-11(9)14-8(7-15-10)3-2-6-13/h1,4-5,8,14H,2-3,6-7,13H2. The molecular weight excluding hydrogens is 211 g/mol. The monoisotopic (exact) mass is 226 g/mol. The maximum Gasteiger partial charge on any atom is 0.147 e. The molecule has 0 saturated carbocycles. The zero-order chi connectivity index (χ0) is 10.7. The second kappa shape index (κ2) is 4.86. The minimum absolute atomic E-state index is 0.155. The van der Waals surface area contributed by atoms with Crippen molar-refractivity contribution in [1.82, 2.24) is 0 Å². The zero-order valence-electron chi connectivity index (χ0n) is 8.50. The van der Waals surface area contributed by atoms with Crippen molar-refractivity contribution in [3.05, 3.63) is 24.0 Å². The number of halogens is 1. The molecule has 1 aliphatic heterocycles. The predicted octanol–water partition coefficient (Wildman–Crippen LogP) is 2.45. The number of fused-ring (bicyclic) bond motifs is 1. The van der Waals surface area contributed by atoms with E-state index in [-0.39, 0.29) is 5.82 Å². The molecule has 0 fully saturated rings. The quantitative estimate of drug-likeness (QED) is 0.831. The third-order valence-corrected chi connectivity index (χ3v) is 3.74. The Hall–Kier alpha value is -0.740. The van der Waals surface area contributed by atoms with Gasteiger partial charge >= 0.3 is 0 Å². The number of nitrogens with two attached hydrogens (primary N) is 1. The topological polar surface area (TPSA) is 38.0 Å². The second-order valence-electron chi connectivity index (χ2n) is 3.70. The summed E-state index contributed by atoms with van der Waals surface area (Å²) in [6.45, 7) is 0.701. The summed E-state index contributed by atoms with van der Waals surface area (Å²) >= 11 is 1.72. The summed E-state index contributed by atoms with van der Waals surface area (Å²) in [5.74, 6) is 0.841. The van der Waals surface area contributed by atoms with E-state index in [1.165, 1.54) is 6.07 Å². The van der Waals surface area contributed by atoms with Crippen molar-refractivity contribution in [2.24, 2.45) is 5.73 Å². The summed E-state index contributed by atoms with van der Waals surface area (Å²) in [7, 11) is 0. The van der Waals surface area contributed by atoms with Crippen molar-refractivity contribution >= 4 is 17.4 Å². The molecule has 1 atom stereocenters. The molecule has 4 heteroatoms. The van der Waals surface area contributed by atoms with E-state index >= 15 is 0 Å².